The normalized spacial score (nSPS) is 12.3. The van der Waals surface area contributed by atoms with Gasteiger partial charge in [-0.25, -0.2) is 0 Å². The summed E-state index contributed by atoms with van der Waals surface area (Å²) in [4.78, 5) is 146. The molecule has 0 aliphatic carbocycles. The molecular weight excluding hydrogens is 926 g/mol. The van der Waals surface area contributed by atoms with Gasteiger partial charge in [-0.15, -0.1) is 0 Å². The Hall–Kier alpha value is 3.81. The fourth-order valence-electron chi connectivity index (χ4n) is 0.780. The molecular formula is H4Al5O32P9. The number of phosphoric acid groups is 9. The second-order valence-corrected chi connectivity index (χ2v) is 16.5. The molecule has 0 rings (SSSR count). The van der Waals surface area contributed by atoms with Gasteiger partial charge in [0.15, 0.2) is 0 Å². The first-order valence-electron chi connectivity index (χ1n) is 6.57. The number of rotatable bonds is 12. The van der Waals surface area contributed by atoms with Crippen LogP contribution in [-0.2, 0) is 66.9 Å². The summed E-state index contributed by atoms with van der Waals surface area (Å²) < 4.78 is 104. The molecule has 0 heterocycles. The van der Waals surface area contributed by atoms with Crippen molar-refractivity contribution in [3.8, 4) is 0 Å². The summed E-state index contributed by atoms with van der Waals surface area (Å²) >= 11 is 0. The number of hydrogen-bond donors (Lipinski definition) is 0. The van der Waals surface area contributed by atoms with Crippen molar-refractivity contribution in [3.63, 3.8) is 0 Å². The first kappa shape index (κ1) is 74.9. The molecule has 32 nitrogen and oxygen atoms in total. The summed E-state index contributed by atoms with van der Waals surface area (Å²) in [7, 11) is -53.7. The number of hydrogen-bond acceptors (Lipinski definition) is 30. The van der Waals surface area contributed by atoms with Crippen LogP contribution in [0.25, 0.3) is 0 Å². The Bertz CT molecular complexity index is 992. The summed E-state index contributed by atoms with van der Waals surface area (Å²) in [6, 6.07) is 0. The molecule has 0 bridgehead atoms. The fraction of sp³-hybridized carbons (Fsp3) is 0. The Morgan fingerprint density at radius 1 is 0.239 bits per heavy atom. The molecule has 46 heteroatoms. The van der Waals surface area contributed by atoms with Crippen molar-refractivity contribution in [1.82, 2.24) is 0 Å². The van der Waals surface area contributed by atoms with Crippen molar-refractivity contribution in [3.05, 3.63) is 0 Å². The van der Waals surface area contributed by atoms with Crippen LogP contribution in [0.5, 0.6) is 0 Å². The van der Waals surface area contributed by atoms with Gasteiger partial charge in [-0.3, -0.25) is 39.6 Å². The average molecular weight is 930 g/mol. The molecule has 0 fully saturated rings. The third-order valence-corrected chi connectivity index (χ3v) is 10.8. The van der Waals surface area contributed by atoms with E-state index >= 15 is 0 Å². The zero-order valence-electron chi connectivity index (χ0n) is 20.2. The van der Waals surface area contributed by atoms with Crippen molar-refractivity contribution in [2.45, 2.75) is 0 Å². The van der Waals surface area contributed by atoms with E-state index in [2.05, 4.69) is 25.9 Å². The smallest absolute Gasteiger partial charge is 0.790 e. The Kier molecular flexibility index (Phi) is 44.6. The molecule has 0 amide bonds. The van der Waals surface area contributed by atoms with Crippen LogP contribution in [0.1, 0.15) is 0 Å². The average Bonchev–Trinajstić information content (AvgIpc) is 2.28. The van der Waals surface area contributed by atoms with Crippen LogP contribution in [-0.4, -0.2) is 97.8 Å². The van der Waals surface area contributed by atoms with Crippen LogP contribution in [0.3, 0.4) is 0 Å². The molecule has 0 aromatic carbocycles. The maximum Gasteiger partial charge on any atom is 3.00 e. The Balaban J connectivity index is -0.0000000491. The van der Waals surface area contributed by atoms with E-state index in [4.69, 9.17) is 0 Å². The van der Waals surface area contributed by atoms with E-state index in [-0.39, 0.29) is 97.8 Å². The van der Waals surface area contributed by atoms with Gasteiger partial charge >= 0.3 is 86.8 Å². The maximum absolute atomic E-state index is 10.1. The molecule has 4 N–H and O–H groups in total. The largest absolute Gasteiger partial charge is 3.00 e. The molecule has 0 spiro atoms. The SMILES string of the molecule is O.O.O=P([O-])([O-])OP(=O)([O-])OP(=O)([O-])[O-].O=P([O-])([O-])OP(=O)([O-])OP(=O)([O-])[O-].O=P([O-])([O-])OP(=O)([O-])OP(=O)([O-])[O-].[Al+3].[Al+3].[Al+3].[Al+3].[Al+3]. The van der Waals surface area contributed by atoms with E-state index in [9.17, 15) is 114 Å². The Labute approximate surface area is 306 Å². The monoisotopic (exact) mass is 930 g/mol. The molecule has 0 radical (unpaired) electrons. The topological polar surface area (TPSA) is 618 Å². The summed E-state index contributed by atoms with van der Waals surface area (Å²) in [6.45, 7) is 0. The molecule has 0 atom stereocenters. The van der Waals surface area contributed by atoms with E-state index in [0.717, 1.165) is 0 Å². The summed E-state index contributed by atoms with van der Waals surface area (Å²) in [5.41, 5.74) is 0. The third kappa shape index (κ3) is 66.1. The van der Waals surface area contributed by atoms with Crippen LogP contribution in [0.4, 0.5) is 0 Å². The minimum Gasteiger partial charge on any atom is -0.790 e. The van der Waals surface area contributed by atoms with Crippen molar-refractivity contribution >= 4 is 157 Å². The van der Waals surface area contributed by atoms with Crippen LogP contribution in [0.15, 0.2) is 0 Å². The van der Waals surface area contributed by atoms with Gasteiger partial charge < -0.3 is 112 Å². The third-order valence-electron chi connectivity index (χ3n) is 1.20. The first-order valence-corrected chi connectivity index (χ1v) is 19.7. The summed E-state index contributed by atoms with van der Waals surface area (Å²) in [6.07, 6.45) is 0. The zero-order chi connectivity index (χ0) is 32.7. The molecule has 0 aromatic heterocycles. The van der Waals surface area contributed by atoms with E-state index in [1.165, 1.54) is 0 Å². The Morgan fingerprint density at radius 3 is 0.348 bits per heavy atom. The van der Waals surface area contributed by atoms with Crippen LogP contribution in [0.2, 0.25) is 0 Å². The van der Waals surface area contributed by atoms with Gasteiger partial charge in [-0.1, -0.05) is 0 Å². The van der Waals surface area contributed by atoms with Gasteiger partial charge in [-0.05, 0) is 0 Å². The van der Waals surface area contributed by atoms with E-state index in [1.54, 1.807) is 0 Å². The maximum atomic E-state index is 10.1. The molecule has 0 unspecified atom stereocenters. The standard InChI is InChI=1S/5Al.3H5O10P3.2H2O/c;;;;;3*1-11(2,3)9-13(7,8)10-12(4,5)6;;/h;;;;;3*(H,7,8)(H2,1,2,3)(H2,4,5,6);2*1H2/q5*+3;;;;;/p-15. The van der Waals surface area contributed by atoms with Gasteiger partial charge in [0.2, 0.25) is 0 Å². The van der Waals surface area contributed by atoms with Gasteiger partial charge in [0, 0.05) is 0 Å². The van der Waals surface area contributed by atoms with E-state index < -0.39 is 70.4 Å². The quantitative estimate of drug-likeness (QED) is 0.129. The molecule has 46 heavy (non-hydrogen) atoms. The van der Waals surface area contributed by atoms with Crippen molar-refractivity contribution in [2.75, 3.05) is 0 Å². The van der Waals surface area contributed by atoms with Gasteiger partial charge in [0.05, 0.1) is 46.9 Å². The minimum atomic E-state index is -5.97. The van der Waals surface area contributed by atoms with E-state index in [0.29, 0.717) is 0 Å². The van der Waals surface area contributed by atoms with Gasteiger partial charge in [0.1, 0.15) is 0 Å². The van der Waals surface area contributed by atoms with E-state index in [1.807, 2.05) is 0 Å². The van der Waals surface area contributed by atoms with Crippen molar-refractivity contribution in [2.24, 2.45) is 0 Å². The zero-order valence-corrected chi connectivity index (χ0v) is 34.0. The molecule has 0 saturated heterocycles. The predicted molar refractivity (Wildman–Crippen MR) is 111 cm³/mol. The molecule has 0 aliphatic heterocycles. The van der Waals surface area contributed by atoms with Crippen molar-refractivity contribution < 1.29 is 151 Å². The molecule has 0 aromatic rings. The molecule has 256 valence electrons. The molecule has 0 saturated carbocycles. The van der Waals surface area contributed by atoms with Crippen molar-refractivity contribution in [1.29, 1.82) is 0 Å². The van der Waals surface area contributed by atoms with Gasteiger partial charge in [0.25, 0.3) is 23.5 Å². The summed E-state index contributed by atoms with van der Waals surface area (Å²) in [5.74, 6) is 0. The summed E-state index contributed by atoms with van der Waals surface area (Å²) in [5, 5.41) is 0. The van der Waals surface area contributed by atoms with Crippen LogP contribution in [0, 0.1) is 0 Å². The second-order valence-electron chi connectivity index (χ2n) is 4.51. The van der Waals surface area contributed by atoms with Crippen LogP contribution < -0.4 is 73.4 Å². The fourth-order valence-corrected chi connectivity index (χ4v) is 7.82. The van der Waals surface area contributed by atoms with Crippen LogP contribution >= 0.6 is 70.4 Å². The first-order chi connectivity index (χ1) is 16.2. The predicted octanol–water partition coefficient (Wildman–Crippen LogP) is -15.1. The van der Waals surface area contributed by atoms with Gasteiger partial charge in [-0.2, -0.15) is 0 Å². The second kappa shape index (κ2) is 27.4. The minimum absolute atomic E-state index is 0. The Morgan fingerprint density at radius 2 is 0.304 bits per heavy atom. The molecule has 0 aliphatic rings.